The summed E-state index contributed by atoms with van der Waals surface area (Å²) >= 11 is 0. The number of carbonyl (C=O) groups excluding carboxylic acids is 1. The number of nitrogens with one attached hydrogen (secondary N) is 1. The van der Waals surface area contributed by atoms with Gasteiger partial charge in [0.15, 0.2) is 6.29 Å². The van der Waals surface area contributed by atoms with E-state index in [4.69, 9.17) is 14.2 Å². The molecule has 210 valence electrons. The van der Waals surface area contributed by atoms with E-state index in [9.17, 15) is 19.4 Å². The Morgan fingerprint density at radius 1 is 1.14 bits per heavy atom. The van der Waals surface area contributed by atoms with Gasteiger partial charge in [-0.3, -0.25) is 10.2 Å². The average molecular weight is 525 g/mol. The maximum absolute atomic E-state index is 14.4. The first-order chi connectivity index (χ1) is 17.1. The van der Waals surface area contributed by atoms with E-state index >= 15 is 0 Å². The van der Waals surface area contributed by atoms with Crippen LogP contribution in [0.4, 0.5) is 9.18 Å². The molecule has 1 aromatic carbocycles. The van der Waals surface area contributed by atoms with Crippen LogP contribution in [0.3, 0.4) is 0 Å². The molecule has 9 heteroatoms. The van der Waals surface area contributed by atoms with Gasteiger partial charge in [0.1, 0.15) is 17.6 Å². The van der Waals surface area contributed by atoms with Crippen molar-refractivity contribution in [3.63, 3.8) is 0 Å². The number of aliphatic hydroxyl groups excluding tert-OH is 2. The second kappa shape index (κ2) is 11.5. The number of nitrogens with zero attached hydrogens (tertiary/aromatic N) is 1. The zero-order valence-corrected chi connectivity index (χ0v) is 23.4. The number of carbonyl (C=O) groups is 1. The monoisotopic (exact) mass is 524 g/mol. The van der Waals surface area contributed by atoms with Crippen LogP contribution in [-0.2, 0) is 20.6 Å². The topological polar surface area (TPSA) is 100 Å². The van der Waals surface area contributed by atoms with Gasteiger partial charge in [-0.25, -0.2) is 9.18 Å². The Hall–Kier alpha value is -1.78. The predicted octanol–water partition coefficient (Wildman–Crippen LogP) is 3.83. The summed E-state index contributed by atoms with van der Waals surface area (Å²) in [5, 5.41) is 25.2. The van der Waals surface area contributed by atoms with Crippen molar-refractivity contribution < 1.29 is 33.6 Å². The molecule has 8 atom stereocenters. The number of aliphatic hydroxyl groups is 2. The van der Waals surface area contributed by atoms with Crippen LogP contribution in [0.1, 0.15) is 66.9 Å². The third-order valence-electron chi connectivity index (χ3n) is 7.02. The van der Waals surface area contributed by atoms with Gasteiger partial charge in [-0.15, -0.1) is 0 Å². The maximum atomic E-state index is 14.4. The first kappa shape index (κ1) is 29.8. The molecule has 1 amide bonds. The van der Waals surface area contributed by atoms with Gasteiger partial charge >= 0.3 is 6.09 Å². The summed E-state index contributed by atoms with van der Waals surface area (Å²) in [7, 11) is 1.57. The quantitative estimate of drug-likeness (QED) is 0.400. The Kier molecular flexibility index (Phi) is 9.28. The fourth-order valence-corrected chi connectivity index (χ4v) is 5.23. The lowest BCUT2D eigenvalue weighted by Crippen LogP contribution is -2.56. The van der Waals surface area contributed by atoms with Gasteiger partial charge in [-0.2, -0.15) is 0 Å². The second-order valence-electron chi connectivity index (χ2n) is 12.4. The number of hydrogen-bond donors (Lipinski definition) is 3. The molecule has 8 nitrogen and oxygen atoms in total. The Morgan fingerprint density at radius 3 is 2.35 bits per heavy atom. The molecule has 1 saturated heterocycles. The molecule has 2 aliphatic rings. The summed E-state index contributed by atoms with van der Waals surface area (Å²) in [6, 6.07) is 5.41. The van der Waals surface area contributed by atoms with Crippen LogP contribution in [0.5, 0.6) is 0 Å². The molecule has 1 saturated carbocycles. The van der Waals surface area contributed by atoms with Crippen LogP contribution < -0.4 is 5.32 Å². The van der Waals surface area contributed by atoms with E-state index in [1.807, 2.05) is 48.5 Å². The van der Waals surface area contributed by atoms with E-state index in [2.05, 4.69) is 5.32 Å². The summed E-state index contributed by atoms with van der Waals surface area (Å²) in [6.45, 7) is 12.8. The van der Waals surface area contributed by atoms with Gasteiger partial charge in [-0.05, 0) is 78.4 Å². The smallest absolute Gasteiger partial charge is 0.410 e. The molecule has 6 unspecified atom stereocenters. The minimum absolute atomic E-state index is 0.100. The number of ether oxygens (including phenoxy) is 3. The summed E-state index contributed by atoms with van der Waals surface area (Å²) < 4.78 is 31.7. The molecule has 1 aliphatic carbocycles. The molecular weight excluding hydrogens is 479 g/mol. The van der Waals surface area contributed by atoms with Crippen molar-refractivity contribution in [3.8, 4) is 0 Å². The van der Waals surface area contributed by atoms with Crippen molar-refractivity contribution in [3.05, 3.63) is 35.6 Å². The van der Waals surface area contributed by atoms with Gasteiger partial charge in [0.05, 0.1) is 23.8 Å². The highest BCUT2D eigenvalue weighted by molar-refractivity contribution is 5.70. The van der Waals surface area contributed by atoms with Crippen LogP contribution in [0, 0.1) is 17.7 Å². The Labute approximate surface area is 220 Å². The van der Waals surface area contributed by atoms with Crippen LogP contribution >= 0.6 is 0 Å². The van der Waals surface area contributed by atoms with E-state index in [0.717, 1.165) is 12.8 Å². The molecule has 37 heavy (non-hydrogen) atoms. The van der Waals surface area contributed by atoms with Gasteiger partial charge in [0, 0.05) is 19.1 Å². The van der Waals surface area contributed by atoms with Gasteiger partial charge in [-0.1, -0.05) is 25.1 Å². The van der Waals surface area contributed by atoms with Crippen LogP contribution in [0.2, 0.25) is 0 Å². The van der Waals surface area contributed by atoms with Crippen LogP contribution in [-0.4, -0.2) is 76.3 Å². The van der Waals surface area contributed by atoms with E-state index in [1.54, 1.807) is 30.2 Å². The van der Waals surface area contributed by atoms with Crippen LogP contribution in [0.15, 0.2) is 24.3 Å². The van der Waals surface area contributed by atoms with Crippen molar-refractivity contribution in [1.29, 1.82) is 0 Å². The molecule has 0 radical (unpaired) electrons. The SMILES string of the molecule is COC(C(C)C(O)NC(Cc1ccccc1F)C(O)OC(C)(C)C)C1C[C@@H]2C[C@@H]2N1C(=O)OC(C)(C)C. The number of fused-ring (bicyclic) bond motifs is 1. The number of rotatable bonds is 10. The molecule has 3 rings (SSSR count). The highest BCUT2D eigenvalue weighted by atomic mass is 19.1. The molecule has 3 N–H and O–H groups in total. The summed E-state index contributed by atoms with van der Waals surface area (Å²) in [6.07, 6.45) is -1.47. The molecule has 0 aromatic heterocycles. The fraction of sp³-hybridized carbons (Fsp3) is 0.750. The number of piperidine rings is 1. The lowest BCUT2D eigenvalue weighted by Gasteiger charge is -2.39. The Bertz CT molecular complexity index is 917. The lowest BCUT2D eigenvalue weighted by molar-refractivity contribution is -0.187. The number of amides is 1. The standard InChI is InChI=1S/C28H45FN2O6/c1-16(23(35-8)22-15-18-14-21(18)31(22)26(34)37-28(5,6)7)24(32)30-20(25(33)36-27(2,3)4)13-17-11-9-10-12-19(17)29/h9-12,16,18,20-25,30,32-33H,13-15H2,1-8H3/t16?,18-,20?,21-,22?,23?,24?,25?/m0/s1. The number of benzene rings is 1. The molecular formula is C28H45FN2O6. The van der Waals surface area contributed by atoms with E-state index < -0.39 is 47.6 Å². The minimum atomic E-state index is -1.31. The lowest BCUT2D eigenvalue weighted by atomic mass is 9.92. The molecule has 0 bridgehead atoms. The van der Waals surface area contributed by atoms with Crippen molar-refractivity contribution in [1.82, 2.24) is 10.2 Å². The maximum Gasteiger partial charge on any atom is 0.410 e. The zero-order chi connectivity index (χ0) is 27.7. The van der Waals surface area contributed by atoms with Gasteiger partial charge in [0.25, 0.3) is 0 Å². The van der Waals surface area contributed by atoms with Crippen molar-refractivity contribution in [2.24, 2.45) is 11.8 Å². The van der Waals surface area contributed by atoms with E-state index in [1.165, 1.54) is 6.07 Å². The first-order valence-corrected chi connectivity index (χ1v) is 13.2. The van der Waals surface area contributed by atoms with Crippen LogP contribution in [0.25, 0.3) is 0 Å². The first-order valence-electron chi connectivity index (χ1n) is 13.2. The van der Waals surface area contributed by atoms with Crippen molar-refractivity contribution >= 4 is 6.09 Å². The number of likely N-dealkylation sites (tertiary alicyclic amines) is 1. The van der Waals surface area contributed by atoms with Crippen molar-refractivity contribution in [2.45, 2.75) is 116 Å². The highest BCUT2D eigenvalue weighted by Crippen LogP contribution is 2.50. The largest absolute Gasteiger partial charge is 0.444 e. The van der Waals surface area contributed by atoms with Gasteiger partial charge < -0.3 is 24.4 Å². The summed E-state index contributed by atoms with van der Waals surface area (Å²) in [5.74, 6) is -0.460. The average Bonchev–Trinajstić information content (AvgIpc) is 3.42. The van der Waals surface area contributed by atoms with E-state index in [-0.39, 0.29) is 24.6 Å². The minimum Gasteiger partial charge on any atom is -0.444 e. The molecule has 0 spiro atoms. The molecule has 1 aliphatic heterocycles. The summed E-state index contributed by atoms with van der Waals surface area (Å²) in [4.78, 5) is 14.8. The molecule has 2 fully saturated rings. The van der Waals surface area contributed by atoms with Crippen molar-refractivity contribution in [2.75, 3.05) is 7.11 Å². The van der Waals surface area contributed by atoms with Gasteiger partial charge in [0.2, 0.25) is 0 Å². The number of methoxy groups -OCH3 is 1. The van der Waals surface area contributed by atoms with E-state index in [0.29, 0.717) is 11.5 Å². The molecule has 1 heterocycles. The normalized spacial score (nSPS) is 25.7. The predicted molar refractivity (Wildman–Crippen MR) is 138 cm³/mol. The Morgan fingerprint density at radius 2 is 1.78 bits per heavy atom. The third-order valence-corrected chi connectivity index (χ3v) is 7.02. The fourth-order valence-electron chi connectivity index (χ4n) is 5.23. The zero-order valence-electron chi connectivity index (χ0n) is 23.4. The highest BCUT2D eigenvalue weighted by Gasteiger charge is 2.58. The Balaban J connectivity index is 1.76. The number of halogens is 1. The second-order valence-corrected chi connectivity index (χ2v) is 12.4. The number of hydrogen-bond acceptors (Lipinski definition) is 7. The molecule has 1 aromatic rings. The third kappa shape index (κ3) is 7.86. The summed E-state index contributed by atoms with van der Waals surface area (Å²) in [5.41, 5.74) is -0.877.